The molecule has 0 atom stereocenters. The van der Waals surface area contributed by atoms with Crippen molar-refractivity contribution in [2.24, 2.45) is 0 Å². The van der Waals surface area contributed by atoms with Gasteiger partial charge in [-0.2, -0.15) is 0 Å². The Morgan fingerprint density at radius 2 is 1.83 bits per heavy atom. The summed E-state index contributed by atoms with van der Waals surface area (Å²) in [5, 5.41) is 8.62. The quantitative estimate of drug-likeness (QED) is 0.802. The Hall–Kier alpha value is -2.55. The second-order valence-electron chi connectivity index (χ2n) is 5.57. The van der Waals surface area contributed by atoms with E-state index in [0.717, 1.165) is 11.3 Å². The van der Waals surface area contributed by atoms with E-state index in [9.17, 15) is 4.79 Å². The molecule has 2 aromatic rings. The van der Waals surface area contributed by atoms with Gasteiger partial charge in [-0.25, -0.2) is 0 Å². The second-order valence-corrected chi connectivity index (χ2v) is 5.57. The molecule has 0 radical (unpaired) electrons. The summed E-state index contributed by atoms with van der Waals surface area (Å²) in [6.07, 6.45) is 4.48. The molecule has 23 heavy (non-hydrogen) atoms. The third kappa shape index (κ3) is 5.29. The second kappa shape index (κ2) is 8.18. The molecule has 0 amide bonds. The van der Waals surface area contributed by atoms with Crippen LogP contribution < -0.4 is 4.74 Å². The van der Waals surface area contributed by atoms with Crippen molar-refractivity contribution in [3.05, 3.63) is 70.8 Å². The molecule has 0 saturated carbocycles. The number of allylic oxidation sites excluding steroid dienone is 1. The molecule has 0 fully saturated rings. The first kappa shape index (κ1) is 16.8. The van der Waals surface area contributed by atoms with Crippen LogP contribution in [0.25, 0.3) is 6.08 Å². The summed E-state index contributed by atoms with van der Waals surface area (Å²) in [7, 11) is 0. The fourth-order valence-electron chi connectivity index (χ4n) is 2.37. The summed E-state index contributed by atoms with van der Waals surface area (Å²) in [6.45, 7) is 4.73. The maximum atomic E-state index is 10.5. The minimum absolute atomic E-state index is 0.152. The minimum Gasteiger partial charge on any atom is -0.489 e. The molecule has 0 saturated heterocycles. The van der Waals surface area contributed by atoms with Crippen molar-refractivity contribution < 1.29 is 14.6 Å². The van der Waals surface area contributed by atoms with Crippen LogP contribution in [-0.2, 0) is 11.4 Å². The summed E-state index contributed by atoms with van der Waals surface area (Å²) in [4.78, 5) is 10.5. The molecule has 0 aliphatic rings. The SMILES string of the molecule is Cc1cccc(C)c1COc1cccc(C=CCCC(=O)O)c1. The zero-order valence-corrected chi connectivity index (χ0v) is 13.6. The largest absolute Gasteiger partial charge is 0.489 e. The van der Waals surface area contributed by atoms with E-state index in [-0.39, 0.29) is 6.42 Å². The highest BCUT2D eigenvalue weighted by Gasteiger charge is 2.03. The van der Waals surface area contributed by atoms with Gasteiger partial charge >= 0.3 is 5.97 Å². The van der Waals surface area contributed by atoms with Crippen LogP contribution in [0.4, 0.5) is 0 Å². The van der Waals surface area contributed by atoms with Crippen LogP contribution in [0.5, 0.6) is 5.75 Å². The fraction of sp³-hybridized carbons (Fsp3) is 0.250. The first-order valence-electron chi connectivity index (χ1n) is 7.72. The molecule has 0 spiro atoms. The normalized spacial score (nSPS) is 10.9. The van der Waals surface area contributed by atoms with Crippen LogP contribution in [0.2, 0.25) is 0 Å². The van der Waals surface area contributed by atoms with Gasteiger partial charge in [0.2, 0.25) is 0 Å². The van der Waals surface area contributed by atoms with Crippen molar-refractivity contribution in [2.75, 3.05) is 0 Å². The number of rotatable bonds is 7. The van der Waals surface area contributed by atoms with E-state index in [1.54, 1.807) is 0 Å². The molecule has 120 valence electrons. The van der Waals surface area contributed by atoms with Crippen molar-refractivity contribution in [1.29, 1.82) is 0 Å². The average molecular weight is 310 g/mol. The molecule has 0 aromatic heterocycles. The zero-order chi connectivity index (χ0) is 16.7. The van der Waals surface area contributed by atoms with Crippen molar-refractivity contribution in [2.45, 2.75) is 33.3 Å². The lowest BCUT2D eigenvalue weighted by molar-refractivity contribution is -0.136. The predicted octanol–water partition coefficient (Wildman–Crippen LogP) is 4.76. The van der Waals surface area contributed by atoms with E-state index < -0.39 is 5.97 Å². The van der Waals surface area contributed by atoms with Crippen LogP contribution >= 0.6 is 0 Å². The number of carbonyl (C=O) groups is 1. The van der Waals surface area contributed by atoms with E-state index in [2.05, 4.69) is 32.0 Å². The average Bonchev–Trinajstić information content (AvgIpc) is 2.51. The first-order valence-corrected chi connectivity index (χ1v) is 7.72. The van der Waals surface area contributed by atoms with Gasteiger partial charge in [-0.3, -0.25) is 4.79 Å². The molecule has 3 heteroatoms. The van der Waals surface area contributed by atoms with Crippen LogP contribution in [0.15, 0.2) is 48.5 Å². The number of hydrogen-bond donors (Lipinski definition) is 1. The molecule has 2 rings (SSSR count). The Morgan fingerprint density at radius 3 is 2.52 bits per heavy atom. The van der Waals surface area contributed by atoms with Gasteiger partial charge in [0.15, 0.2) is 0 Å². The number of benzene rings is 2. The Bertz CT molecular complexity index is 682. The summed E-state index contributed by atoms with van der Waals surface area (Å²) in [5.74, 6) is 0.0355. The van der Waals surface area contributed by atoms with Gasteiger partial charge in [-0.15, -0.1) is 0 Å². The Morgan fingerprint density at radius 1 is 1.13 bits per heavy atom. The third-order valence-electron chi connectivity index (χ3n) is 3.72. The lowest BCUT2D eigenvalue weighted by Crippen LogP contribution is -2.00. The highest BCUT2D eigenvalue weighted by molar-refractivity contribution is 5.67. The maximum absolute atomic E-state index is 10.5. The van der Waals surface area contributed by atoms with Gasteiger partial charge in [0, 0.05) is 6.42 Å². The van der Waals surface area contributed by atoms with E-state index in [0.29, 0.717) is 13.0 Å². The van der Waals surface area contributed by atoms with Crippen molar-refractivity contribution >= 4 is 12.0 Å². The number of carboxylic acids is 1. The van der Waals surface area contributed by atoms with Crippen LogP contribution in [0.3, 0.4) is 0 Å². The molecule has 0 heterocycles. The van der Waals surface area contributed by atoms with E-state index in [4.69, 9.17) is 9.84 Å². The highest BCUT2D eigenvalue weighted by atomic mass is 16.5. The predicted molar refractivity (Wildman–Crippen MR) is 92.6 cm³/mol. The Labute approximate surface area is 137 Å². The summed E-state index contributed by atoms with van der Waals surface area (Å²) >= 11 is 0. The Kier molecular flexibility index (Phi) is 5.98. The standard InChI is InChI=1S/C20H22O3/c1-15-7-5-8-16(2)19(15)14-23-18-11-6-10-17(13-18)9-3-4-12-20(21)22/h3,5-11,13H,4,12,14H2,1-2H3,(H,21,22). The van der Waals surface area contributed by atoms with Crippen molar-refractivity contribution in [1.82, 2.24) is 0 Å². The van der Waals surface area contributed by atoms with Gasteiger partial charge in [0.05, 0.1) is 0 Å². The first-order chi connectivity index (χ1) is 11.1. The minimum atomic E-state index is -0.777. The van der Waals surface area contributed by atoms with Crippen LogP contribution in [0.1, 0.15) is 35.1 Å². The molecule has 0 bridgehead atoms. The monoisotopic (exact) mass is 310 g/mol. The molecule has 0 unspecified atom stereocenters. The molecular weight excluding hydrogens is 288 g/mol. The molecule has 0 aliphatic heterocycles. The summed E-state index contributed by atoms with van der Waals surface area (Å²) in [6, 6.07) is 14.0. The smallest absolute Gasteiger partial charge is 0.303 e. The van der Waals surface area contributed by atoms with Crippen LogP contribution in [0, 0.1) is 13.8 Å². The summed E-state index contributed by atoms with van der Waals surface area (Å²) in [5.41, 5.74) is 4.69. The molecule has 3 nitrogen and oxygen atoms in total. The molecule has 2 aromatic carbocycles. The van der Waals surface area contributed by atoms with Gasteiger partial charge in [0.25, 0.3) is 0 Å². The molecular formula is C20H22O3. The fourth-order valence-corrected chi connectivity index (χ4v) is 2.37. The topological polar surface area (TPSA) is 46.5 Å². The lowest BCUT2D eigenvalue weighted by Gasteiger charge is -2.11. The maximum Gasteiger partial charge on any atom is 0.303 e. The highest BCUT2D eigenvalue weighted by Crippen LogP contribution is 2.19. The molecule has 1 N–H and O–H groups in total. The zero-order valence-electron chi connectivity index (χ0n) is 13.6. The van der Waals surface area contributed by atoms with Crippen molar-refractivity contribution in [3.63, 3.8) is 0 Å². The number of hydrogen-bond acceptors (Lipinski definition) is 2. The summed E-state index contributed by atoms with van der Waals surface area (Å²) < 4.78 is 5.91. The van der Waals surface area contributed by atoms with Gasteiger partial charge in [0.1, 0.15) is 12.4 Å². The molecule has 0 aliphatic carbocycles. The van der Waals surface area contributed by atoms with Gasteiger partial charge < -0.3 is 9.84 Å². The number of aliphatic carboxylic acids is 1. The van der Waals surface area contributed by atoms with E-state index in [1.807, 2.05) is 36.4 Å². The van der Waals surface area contributed by atoms with Gasteiger partial charge in [-0.1, -0.05) is 42.5 Å². The van der Waals surface area contributed by atoms with Crippen LogP contribution in [-0.4, -0.2) is 11.1 Å². The third-order valence-corrected chi connectivity index (χ3v) is 3.72. The number of carboxylic acid groups (broad SMARTS) is 1. The lowest BCUT2D eigenvalue weighted by atomic mass is 10.0. The number of ether oxygens (including phenoxy) is 1. The number of aryl methyl sites for hydroxylation is 2. The van der Waals surface area contributed by atoms with E-state index in [1.165, 1.54) is 16.7 Å². The van der Waals surface area contributed by atoms with E-state index >= 15 is 0 Å². The van der Waals surface area contributed by atoms with Crippen molar-refractivity contribution in [3.8, 4) is 5.75 Å². The van der Waals surface area contributed by atoms with Gasteiger partial charge in [-0.05, 0) is 54.7 Å². The Balaban J connectivity index is 1.99.